The molecule has 27 heavy (non-hydrogen) atoms. The highest BCUT2D eigenvalue weighted by Gasteiger charge is 2.20. The monoisotopic (exact) mass is 374 g/mol. The Balaban J connectivity index is 1.69. The van der Waals surface area contributed by atoms with Crippen molar-refractivity contribution in [2.75, 3.05) is 0 Å². The molecule has 1 amide bonds. The lowest BCUT2D eigenvalue weighted by Crippen LogP contribution is -2.28. The van der Waals surface area contributed by atoms with Gasteiger partial charge in [0.15, 0.2) is 0 Å². The van der Waals surface area contributed by atoms with Crippen LogP contribution >= 0.6 is 11.3 Å². The molecule has 0 radical (unpaired) electrons. The van der Waals surface area contributed by atoms with Crippen molar-refractivity contribution in [1.29, 1.82) is 0 Å². The molecule has 4 aromatic rings. The molecule has 3 heterocycles. The summed E-state index contributed by atoms with van der Waals surface area (Å²) in [6, 6.07) is 19.2. The summed E-state index contributed by atoms with van der Waals surface area (Å²) in [6.07, 6.45) is 3.45. The molecule has 1 atom stereocenters. The summed E-state index contributed by atoms with van der Waals surface area (Å²) in [4.78, 5) is 18.1. The van der Waals surface area contributed by atoms with E-state index in [0.29, 0.717) is 5.69 Å². The number of para-hydroxylation sites is 1. The molecule has 0 spiro atoms. The van der Waals surface area contributed by atoms with E-state index >= 15 is 0 Å². The number of hydrogen-bond acceptors (Lipinski definition) is 4. The molecule has 1 aromatic carbocycles. The van der Waals surface area contributed by atoms with Gasteiger partial charge in [-0.15, -0.1) is 11.3 Å². The Morgan fingerprint density at radius 2 is 1.85 bits per heavy atom. The van der Waals surface area contributed by atoms with Crippen LogP contribution in [0.3, 0.4) is 0 Å². The summed E-state index contributed by atoms with van der Waals surface area (Å²) in [5.74, 6) is -0.168. The predicted octanol–water partition coefficient (Wildman–Crippen LogP) is 4.49. The minimum absolute atomic E-state index is 0.134. The smallest absolute Gasteiger partial charge is 0.270 e. The average Bonchev–Trinajstić information content (AvgIpc) is 3.39. The lowest BCUT2D eigenvalue weighted by molar-refractivity contribution is 0.0932. The van der Waals surface area contributed by atoms with Crippen LogP contribution in [-0.4, -0.2) is 20.7 Å². The van der Waals surface area contributed by atoms with Crippen molar-refractivity contribution < 1.29 is 4.79 Å². The third-order valence-electron chi connectivity index (χ3n) is 4.27. The number of aromatic nitrogens is 3. The molecule has 0 aliphatic carbocycles. The van der Waals surface area contributed by atoms with Gasteiger partial charge in [0.1, 0.15) is 11.4 Å². The third kappa shape index (κ3) is 3.66. The summed E-state index contributed by atoms with van der Waals surface area (Å²) in [5, 5.41) is 9.74. The topological polar surface area (TPSA) is 59.8 Å². The summed E-state index contributed by atoms with van der Waals surface area (Å²) < 4.78 is 1.70. The lowest BCUT2D eigenvalue weighted by atomic mass is 10.1. The van der Waals surface area contributed by atoms with Gasteiger partial charge in [-0.05, 0) is 54.3 Å². The zero-order valence-electron chi connectivity index (χ0n) is 14.7. The van der Waals surface area contributed by atoms with Crippen molar-refractivity contribution in [3.05, 3.63) is 89.7 Å². The fourth-order valence-electron chi connectivity index (χ4n) is 2.86. The minimum atomic E-state index is -0.168. The van der Waals surface area contributed by atoms with E-state index in [1.54, 1.807) is 28.4 Å². The number of hydrogen-bond donors (Lipinski definition) is 1. The summed E-state index contributed by atoms with van der Waals surface area (Å²) in [5.41, 5.74) is 3.14. The Hall–Kier alpha value is -3.25. The lowest BCUT2D eigenvalue weighted by Gasteiger charge is -2.14. The van der Waals surface area contributed by atoms with Gasteiger partial charge in [0, 0.05) is 12.4 Å². The van der Waals surface area contributed by atoms with Gasteiger partial charge in [-0.2, -0.15) is 5.10 Å². The van der Waals surface area contributed by atoms with Crippen molar-refractivity contribution in [3.63, 3.8) is 0 Å². The van der Waals surface area contributed by atoms with Crippen LogP contribution in [0.25, 0.3) is 16.3 Å². The average molecular weight is 374 g/mol. The molecule has 0 bridgehead atoms. The van der Waals surface area contributed by atoms with E-state index in [0.717, 1.165) is 21.8 Å². The molecule has 3 aromatic heterocycles. The molecule has 0 saturated carbocycles. The quantitative estimate of drug-likeness (QED) is 0.560. The maximum Gasteiger partial charge on any atom is 0.270 e. The standard InChI is InChI=1S/C21H18N4OS/c1-15(16-9-11-22-12-10-16)23-21(26)19-14-18(20-8-5-13-27-20)24-25(19)17-6-3-2-4-7-17/h2-15H,1H3,(H,23,26)/t15-/m0/s1. The number of nitrogens with zero attached hydrogens (tertiary/aromatic N) is 3. The van der Waals surface area contributed by atoms with E-state index in [1.807, 2.05) is 73.0 Å². The van der Waals surface area contributed by atoms with Gasteiger partial charge in [0.25, 0.3) is 5.91 Å². The van der Waals surface area contributed by atoms with Gasteiger partial charge in [-0.25, -0.2) is 4.68 Å². The summed E-state index contributed by atoms with van der Waals surface area (Å²) in [7, 11) is 0. The minimum Gasteiger partial charge on any atom is -0.344 e. The molecule has 134 valence electrons. The maximum atomic E-state index is 13.0. The Morgan fingerprint density at radius 1 is 1.07 bits per heavy atom. The van der Waals surface area contributed by atoms with E-state index in [1.165, 1.54) is 0 Å². The van der Waals surface area contributed by atoms with Gasteiger partial charge in [-0.1, -0.05) is 24.3 Å². The predicted molar refractivity (Wildman–Crippen MR) is 107 cm³/mol. The fourth-order valence-corrected chi connectivity index (χ4v) is 3.54. The highest BCUT2D eigenvalue weighted by atomic mass is 32.1. The third-order valence-corrected chi connectivity index (χ3v) is 5.16. The van der Waals surface area contributed by atoms with Crippen LogP contribution in [0.5, 0.6) is 0 Å². The van der Waals surface area contributed by atoms with Gasteiger partial charge in [0.05, 0.1) is 16.6 Å². The number of amides is 1. The number of rotatable bonds is 5. The molecule has 1 N–H and O–H groups in total. The highest BCUT2D eigenvalue weighted by molar-refractivity contribution is 7.13. The van der Waals surface area contributed by atoms with Crippen LogP contribution in [0.4, 0.5) is 0 Å². The molecular formula is C21H18N4OS. The molecular weight excluding hydrogens is 356 g/mol. The first kappa shape index (κ1) is 17.2. The van der Waals surface area contributed by atoms with Crippen molar-refractivity contribution in [2.24, 2.45) is 0 Å². The van der Waals surface area contributed by atoms with Crippen LogP contribution in [0.2, 0.25) is 0 Å². The first-order valence-corrected chi connectivity index (χ1v) is 9.50. The number of nitrogens with one attached hydrogen (secondary N) is 1. The fraction of sp³-hybridized carbons (Fsp3) is 0.0952. The normalized spacial score (nSPS) is 11.9. The second-order valence-electron chi connectivity index (χ2n) is 6.12. The zero-order valence-corrected chi connectivity index (χ0v) is 15.6. The second-order valence-corrected chi connectivity index (χ2v) is 7.06. The van der Waals surface area contributed by atoms with Gasteiger partial charge >= 0.3 is 0 Å². The van der Waals surface area contributed by atoms with Gasteiger partial charge < -0.3 is 5.32 Å². The van der Waals surface area contributed by atoms with Crippen LogP contribution < -0.4 is 5.32 Å². The molecule has 5 nitrogen and oxygen atoms in total. The molecule has 0 aliphatic heterocycles. The van der Waals surface area contributed by atoms with E-state index in [9.17, 15) is 4.79 Å². The molecule has 6 heteroatoms. The summed E-state index contributed by atoms with van der Waals surface area (Å²) >= 11 is 1.60. The van der Waals surface area contributed by atoms with Crippen LogP contribution in [0.1, 0.15) is 29.0 Å². The second kappa shape index (κ2) is 7.55. The molecule has 0 saturated heterocycles. The Kier molecular flexibility index (Phi) is 4.80. The molecule has 0 unspecified atom stereocenters. The maximum absolute atomic E-state index is 13.0. The largest absolute Gasteiger partial charge is 0.344 e. The molecule has 0 aliphatic rings. The zero-order chi connectivity index (χ0) is 18.6. The van der Waals surface area contributed by atoms with Crippen LogP contribution in [0, 0.1) is 0 Å². The Labute approximate surface area is 161 Å². The van der Waals surface area contributed by atoms with Crippen molar-refractivity contribution in [3.8, 4) is 16.3 Å². The van der Waals surface area contributed by atoms with E-state index < -0.39 is 0 Å². The number of carbonyl (C=O) groups is 1. The van der Waals surface area contributed by atoms with E-state index in [2.05, 4.69) is 15.4 Å². The van der Waals surface area contributed by atoms with Gasteiger partial charge in [-0.3, -0.25) is 9.78 Å². The van der Waals surface area contributed by atoms with Crippen molar-refractivity contribution in [2.45, 2.75) is 13.0 Å². The van der Waals surface area contributed by atoms with Gasteiger partial charge in [0.2, 0.25) is 0 Å². The SMILES string of the molecule is C[C@H](NC(=O)c1cc(-c2cccs2)nn1-c1ccccc1)c1ccncc1. The van der Waals surface area contributed by atoms with Crippen LogP contribution in [-0.2, 0) is 0 Å². The summed E-state index contributed by atoms with van der Waals surface area (Å²) in [6.45, 7) is 1.96. The molecule has 4 rings (SSSR count). The van der Waals surface area contributed by atoms with Crippen molar-refractivity contribution >= 4 is 17.2 Å². The highest BCUT2D eigenvalue weighted by Crippen LogP contribution is 2.26. The first-order chi connectivity index (χ1) is 13.2. The van der Waals surface area contributed by atoms with E-state index in [-0.39, 0.29) is 11.9 Å². The van der Waals surface area contributed by atoms with Crippen molar-refractivity contribution in [1.82, 2.24) is 20.1 Å². The number of thiophene rings is 1. The van der Waals surface area contributed by atoms with E-state index in [4.69, 9.17) is 0 Å². The number of pyridine rings is 1. The first-order valence-electron chi connectivity index (χ1n) is 8.62. The number of carbonyl (C=O) groups excluding carboxylic acids is 1. The number of benzene rings is 1. The van der Waals surface area contributed by atoms with Crippen LogP contribution in [0.15, 0.2) is 78.4 Å². The molecule has 0 fully saturated rings. The Bertz CT molecular complexity index is 1030. The Morgan fingerprint density at radius 3 is 2.56 bits per heavy atom.